The summed E-state index contributed by atoms with van der Waals surface area (Å²) in [5.41, 5.74) is 18.0. The maximum absolute atomic E-state index is 2.65. The van der Waals surface area contributed by atoms with Crippen molar-refractivity contribution in [1.82, 2.24) is 0 Å². The maximum Gasteiger partial charge on any atom is 0.0450 e. The minimum absolute atomic E-state index is 0.488. The molecule has 2 atom stereocenters. The van der Waals surface area contributed by atoms with Gasteiger partial charge in [0.1, 0.15) is 0 Å². The fraction of sp³-hybridized carbons (Fsp3) is 0.148. The van der Waals surface area contributed by atoms with E-state index in [0.717, 1.165) is 6.42 Å². The Morgan fingerprint density at radius 2 is 1.02 bits per heavy atom. The van der Waals surface area contributed by atoms with Gasteiger partial charge in [0.25, 0.3) is 0 Å². The zero-order chi connectivity index (χ0) is 37.0. The highest BCUT2D eigenvalue weighted by atomic mass is 15.2. The Labute approximate surface area is 327 Å². The molecule has 0 saturated heterocycles. The van der Waals surface area contributed by atoms with Gasteiger partial charge in [-0.25, -0.2) is 0 Å². The molecule has 1 saturated carbocycles. The largest absolute Gasteiger partial charge is 0.338 e. The van der Waals surface area contributed by atoms with Crippen molar-refractivity contribution < 1.29 is 0 Å². The van der Waals surface area contributed by atoms with Crippen LogP contribution in [0.4, 0.5) is 11.4 Å². The lowest BCUT2D eigenvalue weighted by atomic mass is 9.82. The van der Waals surface area contributed by atoms with E-state index < -0.39 is 0 Å². The van der Waals surface area contributed by atoms with Gasteiger partial charge in [0.15, 0.2) is 0 Å². The molecule has 0 spiro atoms. The Hall–Kier alpha value is -6.18. The highest BCUT2D eigenvalue weighted by Crippen LogP contribution is 2.51. The van der Waals surface area contributed by atoms with Crippen LogP contribution in [-0.2, 0) is 6.42 Å². The second-order valence-corrected chi connectivity index (χ2v) is 15.3. The molecule has 0 amide bonds. The van der Waals surface area contributed by atoms with Crippen LogP contribution in [0.2, 0.25) is 0 Å². The van der Waals surface area contributed by atoms with Gasteiger partial charge < -0.3 is 4.90 Å². The molecule has 55 heavy (non-hydrogen) atoms. The molecule has 0 bridgehead atoms. The Kier molecular flexibility index (Phi) is 9.84. The van der Waals surface area contributed by atoms with Crippen LogP contribution in [0.25, 0.3) is 23.3 Å². The summed E-state index contributed by atoms with van der Waals surface area (Å²) in [6.45, 7) is 2.15. The Morgan fingerprint density at radius 3 is 1.65 bits per heavy atom. The first-order valence-corrected chi connectivity index (χ1v) is 19.9. The number of benzene rings is 7. The van der Waals surface area contributed by atoms with E-state index in [1.54, 1.807) is 0 Å². The molecule has 0 N–H and O–H groups in total. The van der Waals surface area contributed by atoms with Crippen molar-refractivity contribution in [3.8, 4) is 0 Å². The molecular formula is C54H47N. The lowest BCUT2D eigenvalue weighted by Gasteiger charge is -2.33. The number of anilines is 2. The van der Waals surface area contributed by atoms with Gasteiger partial charge in [-0.2, -0.15) is 0 Å². The third kappa shape index (κ3) is 7.48. The van der Waals surface area contributed by atoms with Crippen molar-refractivity contribution in [1.29, 1.82) is 0 Å². The van der Waals surface area contributed by atoms with E-state index in [0.29, 0.717) is 12.0 Å². The molecule has 1 aliphatic heterocycles. The van der Waals surface area contributed by atoms with Crippen molar-refractivity contribution in [2.24, 2.45) is 0 Å². The summed E-state index contributed by atoms with van der Waals surface area (Å²) in [4.78, 5) is 2.65. The highest BCUT2D eigenvalue weighted by Gasteiger charge is 2.40. The quantitative estimate of drug-likeness (QED) is 0.135. The molecule has 2 unspecified atom stereocenters. The number of rotatable bonds is 9. The van der Waals surface area contributed by atoms with E-state index >= 15 is 0 Å². The van der Waals surface area contributed by atoms with E-state index in [-0.39, 0.29) is 0 Å². The van der Waals surface area contributed by atoms with Gasteiger partial charge in [-0.1, -0.05) is 176 Å². The summed E-state index contributed by atoms with van der Waals surface area (Å²) < 4.78 is 0. The zero-order valence-corrected chi connectivity index (χ0v) is 31.6. The number of aryl methyl sites for hydroxylation is 1. The van der Waals surface area contributed by atoms with Gasteiger partial charge in [-0.15, -0.1) is 0 Å². The summed E-state index contributed by atoms with van der Waals surface area (Å²) in [6.07, 6.45) is 10.7. The van der Waals surface area contributed by atoms with E-state index in [1.165, 1.54) is 104 Å². The van der Waals surface area contributed by atoms with Crippen LogP contribution < -0.4 is 4.90 Å². The fourth-order valence-electron chi connectivity index (χ4n) is 8.80. The lowest BCUT2D eigenvalue weighted by Crippen LogP contribution is -2.32. The summed E-state index contributed by atoms with van der Waals surface area (Å²) in [5.74, 6) is 0.542. The van der Waals surface area contributed by atoms with Crippen LogP contribution in [0.15, 0.2) is 182 Å². The van der Waals surface area contributed by atoms with E-state index in [4.69, 9.17) is 0 Å². The van der Waals surface area contributed by atoms with Gasteiger partial charge in [0, 0.05) is 23.3 Å². The third-order valence-corrected chi connectivity index (χ3v) is 11.6. The second kappa shape index (κ2) is 15.7. The first-order chi connectivity index (χ1) is 27.2. The minimum Gasteiger partial charge on any atom is -0.338 e. The molecule has 1 fully saturated rings. The Bertz CT molecular complexity index is 2420. The monoisotopic (exact) mass is 709 g/mol. The summed E-state index contributed by atoms with van der Waals surface area (Å²) in [5, 5.41) is 0. The number of fused-ring (bicyclic) bond motifs is 3. The molecule has 1 heteroatoms. The molecule has 1 nitrogen and oxygen atoms in total. The smallest absolute Gasteiger partial charge is 0.0450 e. The fourth-order valence-corrected chi connectivity index (χ4v) is 8.80. The summed E-state index contributed by atoms with van der Waals surface area (Å²) >= 11 is 0. The van der Waals surface area contributed by atoms with Crippen molar-refractivity contribution in [3.05, 3.63) is 238 Å². The Balaban J connectivity index is 1.04. The van der Waals surface area contributed by atoms with Gasteiger partial charge in [-0.3, -0.25) is 0 Å². The molecule has 0 radical (unpaired) electrons. The number of hydrogen-bond donors (Lipinski definition) is 0. The van der Waals surface area contributed by atoms with Crippen molar-refractivity contribution in [2.75, 3.05) is 4.90 Å². The molecule has 0 aromatic heterocycles. The molecule has 1 heterocycles. The minimum atomic E-state index is 0.488. The van der Waals surface area contributed by atoms with Gasteiger partial charge in [-0.05, 0) is 124 Å². The molecule has 1 aliphatic carbocycles. The molecule has 268 valence electrons. The topological polar surface area (TPSA) is 3.24 Å². The average Bonchev–Trinajstić information content (AvgIpc) is 3.57. The van der Waals surface area contributed by atoms with Crippen molar-refractivity contribution in [3.63, 3.8) is 0 Å². The highest BCUT2D eigenvalue weighted by molar-refractivity contribution is 5.93. The molecule has 2 aliphatic rings. The van der Waals surface area contributed by atoms with Crippen LogP contribution in [0.1, 0.15) is 87.2 Å². The van der Waals surface area contributed by atoms with Crippen LogP contribution in [0, 0.1) is 6.92 Å². The second-order valence-electron chi connectivity index (χ2n) is 15.3. The van der Waals surface area contributed by atoms with E-state index in [9.17, 15) is 0 Å². The maximum atomic E-state index is 2.65. The Morgan fingerprint density at radius 1 is 0.509 bits per heavy atom. The lowest BCUT2D eigenvalue weighted by molar-refractivity contribution is 0.402. The van der Waals surface area contributed by atoms with Crippen LogP contribution in [-0.4, -0.2) is 6.04 Å². The predicted molar refractivity (Wildman–Crippen MR) is 234 cm³/mol. The van der Waals surface area contributed by atoms with Gasteiger partial charge in [0.2, 0.25) is 0 Å². The third-order valence-electron chi connectivity index (χ3n) is 11.6. The van der Waals surface area contributed by atoms with Crippen LogP contribution in [0.3, 0.4) is 0 Å². The molecular weight excluding hydrogens is 663 g/mol. The van der Waals surface area contributed by atoms with E-state index in [2.05, 4.69) is 206 Å². The molecule has 9 rings (SSSR count). The zero-order valence-electron chi connectivity index (χ0n) is 31.6. The predicted octanol–water partition coefficient (Wildman–Crippen LogP) is 13.9. The standard InChI is InChI=1S/C54H47N/c1-39-21-28-46(29-22-39)50(44-15-7-3-8-16-44)36-42-25-32-48(33-26-42)55-53-20-12-11-19-49(53)52-38-43(27-34-54(52)55)37-51(45-17-9-4-10-18-45)47-30-23-41(24-31-47)35-40-13-5-2-6-14-40/h2-10,13-18,21-34,36-38,49,53H,11-12,19-20,35H2,1H3. The van der Waals surface area contributed by atoms with Crippen molar-refractivity contribution in [2.45, 2.75) is 51.0 Å². The number of hydrogen-bond acceptors (Lipinski definition) is 1. The molecule has 7 aromatic carbocycles. The summed E-state index contributed by atoms with van der Waals surface area (Å²) in [6, 6.07) is 67.4. The summed E-state index contributed by atoms with van der Waals surface area (Å²) in [7, 11) is 0. The first kappa shape index (κ1) is 34.6. The molecule has 7 aromatic rings. The van der Waals surface area contributed by atoms with Crippen LogP contribution in [0.5, 0.6) is 0 Å². The van der Waals surface area contributed by atoms with Crippen LogP contribution >= 0.6 is 0 Å². The average molecular weight is 710 g/mol. The van der Waals surface area contributed by atoms with Crippen molar-refractivity contribution >= 4 is 34.7 Å². The first-order valence-electron chi connectivity index (χ1n) is 19.9. The van der Waals surface area contributed by atoms with Gasteiger partial charge in [0.05, 0.1) is 0 Å². The normalized spacial score (nSPS) is 16.8. The van der Waals surface area contributed by atoms with Gasteiger partial charge >= 0.3 is 0 Å². The SMILES string of the molecule is Cc1ccc(C(=Cc2ccc(N3c4ccc(C=C(c5ccccc5)c5ccc(Cc6ccccc6)cc5)cc4C4CCCCC43)cc2)c2ccccc2)cc1. The number of nitrogens with zero attached hydrogens (tertiary/aromatic N) is 1. The van der Waals surface area contributed by atoms with E-state index in [1.807, 2.05) is 0 Å².